The number of fused-ring (bicyclic) bond motifs is 1. The number of benzene rings is 1. The van der Waals surface area contributed by atoms with Gasteiger partial charge in [0, 0.05) is 0 Å². The van der Waals surface area contributed by atoms with Gasteiger partial charge in [0.1, 0.15) is 5.75 Å². The summed E-state index contributed by atoms with van der Waals surface area (Å²) in [7, 11) is 1.64. The molecule has 0 bridgehead atoms. The van der Waals surface area contributed by atoms with Crippen LogP contribution in [-0.2, 0) is 0 Å². The largest absolute Gasteiger partial charge is 0.496 e. The molecule has 106 valence electrons. The third-order valence-electron chi connectivity index (χ3n) is 3.45. The molecule has 5 nitrogen and oxygen atoms in total. The van der Waals surface area contributed by atoms with Gasteiger partial charge in [-0.05, 0) is 43.7 Å². The van der Waals surface area contributed by atoms with Crippen molar-refractivity contribution in [3.8, 4) is 17.1 Å². The second-order valence-corrected chi connectivity index (χ2v) is 4.68. The number of nitrogens with zero attached hydrogens (tertiary/aromatic N) is 4. The zero-order chi connectivity index (χ0) is 14.8. The van der Waals surface area contributed by atoms with Crippen molar-refractivity contribution in [1.82, 2.24) is 19.8 Å². The summed E-state index contributed by atoms with van der Waals surface area (Å²) >= 11 is 0. The average molecular weight is 280 g/mol. The Bertz CT molecular complexity index is 820. The first-order valence-electron chi connectivity index (χ1n) is 6.73. The summed E-state index contributed by atoms with van der Waals surface area (Å²) in [6.07, 6.45) is 2.03. The van der Waals surface area contributed by atoms with Crippen molar-refractivity contribution in [3.63, 3.8) is 0 Å². The van der Waals surface area contributed by atoms with Crippen LogP contribution in [0.2, 0.25) is 0 Å². The van der Waals surface area contributed by atoms with Gasteiger partial charge >= 0.3 is 0 Å². The number of rotatable bonds is 3. The Balaban J connectivity index is 2.23. The fourth-order valence-electron chi connectivity index (χ4n) is 2.14. The highest BCUT2D eigenvalue weighted by molar-refractivity contribution is 5.67. The lowest BCUT2D eigenvalue weighted by Gasteiger charge is -2.07. The van der Waals surface area contributed by atoms with Gasteiger partial charge in [-0.2, -0.15) is 9.61 Å². The van der Waals surface area contributed by atoms with Gasteiger partial charge in [0.05, 0.1) is 18.4 Å². The van der Waals surface area contributed by atoms with E-state index in [4.69, 9.17) is 4.74 Å². The van der Waals surface area contributed by atoms with Crippen LogP contribution in [0.25, 0.3) is 22.6 Å². The molecule has 2 aromatic heterocycles. The number of methoxy groups -OCH3 is 1. The molecule has 3 aromatic rings. The first-order valence-corrected chi connectivity index (χ1v) is 6.73. The van der Waals surface area contributed by atoms with Gasteiger partial charge in [-0.1, -0.05) is 18.2 Å². The van der Waals surface area contributed by atoms with Crippen LogP contribution < -0.4 is 4.74 Å². The molecule has 0 N–H and O–H groups in total. The van der Waals surface area contributed by atoms with Crippen molar-refractivity contribution < 1.29 is 4.74 Å². The maximum absolute atomic E-state index is 5.40. The first-order chi connectivity index (χ1) is 10.2. The predicted molar refractivity (Wildman–Crippen MR) is 82.1 cm³/mol. The predicted octanol–water partition coefficient (Wildman–Crippen LogP) is 3.22. The smallest absolute Gasteiger partial charge is 0.189 e. The summed E-state index contributed by atoms with van der Waals surface area (Å²) in [6.45, 7) is 4.02. The van der Waals surface area contributed by atoms with Crippen molar-refractivity contribution >= 4 is 11.2 Å². The summed E-state index contributed by atoms with van der Waals surface area (Å²) < 4.78 is 7.15. The van der Waals surface area contributed by atoms with Gasteiger partial charge in [-0.25, -0.2) is 0 Å². The van der Waals surface area contributed by atoms with Crippen LogP contribution in [0.5, 0.6) is 5.75 Å². The second kappa shape index (κ2) is 5.36. The van der Waals surface area contributed by atoms with Gasteiger partial charge in [-0.15, -0.1) is 10.2 Å². The maximum atomic E-state index is 5.40. The molecule has 0 fully saturated rings. The fourth-order valence-corrected chi connectivity index (χ4v) is 2.14. The molecular weight excluding hydrogens is 264 g/mol. The van der Waals surface area contributed by atoms with Crippen LogP contribution in [0.15, 0.2) is 42.5 Å². The number of ether oxygens (including phenoxy) is 1. The van der Waals surface area contributed by atoms with Crippen molar-refractivity contribution in [1.29, 1.82) is 0 Å². The molecule has 0 radical (unpaired) electrons. The Labute approximate surface area is 122 Å². The highest BCUT2D eigenvalue weighted by Crippen LogP contribution is 2.28. The van der Waals surface area contributed by atoms with Crippen molar-refractivity contribution in [3.05, 3.63) is 48.2 Å². The molecule has 0 aliphatic carbocycles. The molecule has 0 aliphatic heterocycles. The highest BCUT2D eigenvalue weighted by Gasteiger charge is 2.14. The molecule has 0 unspecified atom stereocenters. The molecule has 5 heteroatoms. The Morgan fingerprint density at radius 1 is 1.14 bits per heavy atom. The molecule has 0 atom stereocenters. The van der Waals surface area contributed by atoms with Crippen LogP contribution in [0.1, 0.15) is 19.5 Å². The lowest BCUT2D eigenvalue weighted by molar-refractivity contribution is 0.416. The zero-order valence-electron chi connectivity index (χ0n) is 12.2. The van der Waals surface area contributed by atoms with Crippen LogP contribution in [0, 0.1) is 0 Å². The lowest BCUT2D eigenvalue weighted by atomic mass is 10.2. The molecule has 0 saturated carbocycles. The number of hydrogen-bond donors (Lipinski definition) is 0. The maximum Gasteiger partial charge on any atom is 0.189 e. The van der Waals surface area contributed by atoms with Crippen LogP contribution in [-0.4, -0.2) is 26.9 Å². The monoisotopic (exact) mass is 280 g/mol. The normalized spacial score (nSPS) is 11.9. The average Bonchev–Trinajstić information content (AvgIpc) is 2.96. The minimum atomic E-state index is 0.674. The number of para-hydroxylation sites is 1. The summed E-state index contributed by atoms with van der Waals surface area (Å²) in [5, 5.41) is 13.0. The van der Waals surface area contributed by atoms with Gasteiger partial charge in [-0.3, -0.25) is 0 Å². The van der Waals surface area contributed by atoms with Crippen molar-refractivity contribution in [2.75, 3.05) is 7.11 Å². The quantitative estimate of drug-likeness (QED) is 0.739. The Kier molecular flexibility index (Phi) is 3.39. The molecule has 0 spiro atoms. The number of aromatic nitrogens is 4. The molecular formula is C16H16N4O. The van der Waals surface area contributed by atoms with Crippen LogP contribution in [0.3, 0.4) is 0 Å². The lowest BCUT2D eigenvalue weighted by Crippen LogP contribution is -1.99. The molecule has 0 aliphatic rings. The topological polar surface area (TPSA) is 52.3 Å². The highest BCUT2D eigenvalue weighted by atomic mass is 16.5. The zero-order valence-corrected chi connectivity index (χ0v) is 12.2. The number of hydrogen-bond acceptors (Lipinski definition) is 4. The molecule has 2 heterocycles. The molecule has 1 aromatic carbocycles. The van der Waals surface area contributed by atoms with Crippen molar-refractivity contribution in [2.24, 2.45) is 0 Å². The standard InChI is InChI=1S/C16H16N4O/c1-4-11(2)13-9-10-15-17-18-16(20(15)19-13)12-7-5-6-8-14(12)21-3/h4-10H,1-3H3. The van der Waals surface area contributed by atoms with E-state index in [1.54, 1.807) is 11.6 Å². The van der Waals surface area contributed by atoms with E-state index in [2.05, 4.69) is 15.3 Å². The minimum Gasteiger partial charge on any atom is -0.496 e. The Morgan fingerprint density at radius 2 is 1.95 bits per heavy atom. The van der Waals surface area contributed by atoms with E-state index >= 15 is 0 Å². The third kappa shape index (κ3) is 2.27. The van der Waals surface area contributed by atoms with E-state index in [1.807, 2.05) is 56.3 Å². The summed E-state index contributed by atoms with van der Waals surface area (Å²) in [5.41, 5.74) is 3.59. The van der Waals surface area contributed by atoms with E-state index in [1.165, 1.54) is 0 Å². The third-order valence-corrected chi connectivity index (χ3v) is 3.45. The minimum absolute atomic E-state index is 0.674. The summed E-state index contributed by atoms with van der Waals surface area (Å²) in [6, 6.07) is 11.6. The second-order valence-electron chi connectivity index (χ2n) is 4.68. The Hall–Kier alpha value is -2.69. The van der Waals surface area contributed by atoms with E-state index < -0.39 is 0 Å². The molecule has 0 amide bonds. The Morgan fingerprint density at radius 3 is 2.71 bits per heavy atom. The SMILES string of the molecule is CC=C(C)c1ccc2nnc(-c3ccccc3OC)n2n1. The van der Waals surface area contributed by atoms with Crippen LogP contribution >= 0.6 is 0 Å². The fraction of sp³-hybridized carbons (Fsp3) is 0.188. The van der Waals surface area contributed by atoms with E-state index in [-0.39, 0.29) is 0 Å². The van der Waals surface area contributed by atoms with Gasteiger partial charge in [0.25, 0.3) is 0 Å². The van der Waals surface area contributed by atoms with Crippen LogP contribution in [0.4, 0.5) is 0 Å². The van der Waals surface area contributed by atoms with Gasteiger partial charge < -0.3 is 4.74 Å². The van der Waals surface area contributed by atoms with E-state index in [0.29, 0.717) is 11.5 Å². The molecule has 0 saturated heterocycles. The first kappa shape index (κ1) is 13.3. The van der Waals surface area contributed by atoms with E-state index in [0.717, 1.165) is 22.6 Å². The van der Waals surface area contributed by atoms with Crippen molar-refractivity contribution in [2.45, 2.75) is 13.8 Å². The number of allylic oxidation sites excluding steroid dienone is 2. The van der Waals surface area contributed by atoms with Gasteiger partial charge in [0.2, 0.25) is 0 Å². The molecule has 3 rings (SSSR count). The summed E-state index contributed by atoms with van der Waals surface area (Å²) in [5.74, 6) is 1.43. The summed E-state index contributed by atoms with van der Waals surface area (Å²) in [4.78, 5) is 0. The van der Waals surface area contributed by atoms with E-state index in [9.17, 15) is 0 Å². The molecule has 21 heavy (non-hydrogen) atoms. The van der Waals surface area contributed by atoms with Gasteiger partial charge in [0.15, 0.2) is 11.5 Å².